The van der Waals surface area contributed by atoms with Crippen LogP contribution in [0.15, 0.2) is 55.0 Å². The third-order valence-electron chi connectivity index (χ3n) is 3.92. The van der Waals surface area contributed by atoms with Crippen LogP contribution in [0.25, 0.3) is 0 Å². The third kappa shape index (κ3) is 3.83. The van der Waals surface area contributed by atoms with E-state index < -0.39 is 0 Å². The number of rotatable bonds is 6. The Morgan fingerprint density at radius 3 is 2.81 bits per heavy atom. The minimum atomic E-state index is -0.126. The van der Waals surface area contributed by atoms with Crippen LogP contribution in [-0.4, -0.2) is 39.7 Å². The standard InChI is InChI=1S/C19H21N5O2/c1-23(12-14-11-21-24(2)13-14)19(25)15-7-6-10-20-18(15)22-16-8-4-5-9-17(16)26-3/h4-11,13H,12H2,1-3H3,(H,20,22). The van der Waals surface area contributed by atoms with Crippen molar-refractivity contribution >= 4 is 17.4 Å². The predicted molar refractivity (Wildman–Crippen MR) is 99.5 cm³/mol. The van der Waals surface area contributed by atoms with E-state index in [4.69, 9.17) is 4.74 Å². The Bertz CT molecular complexity index is 906. The topological polar surface area (TPSA) is 72.3 Å². The zero-order valence-electron chi connectivity index (χ0n) is 15.0. The number of nitrogens with zero attached hydrogens (tertiary/aromatic N) is 4. The van der Waals surface area contributed by atoms with E-state index in [-0.39, 0.29) is 5.91 Å². The maximum Gasteiger partial charge on any atom is 0.257 e. The lowest BCUT2D eigenvalue weighted by atomic mass is 10.2. The molecule has 0 aliphatic carbocycles. The number of ether oxygens (including phenoxy) is 1. The maximum atomic E-state index is 12.9. The Morgan fingerprint density at radius 1 is 1.27 bits per heavy atom. The number of benzene rings is 1. The van der Waals surface area contributed by atoms with E-state index in [9.17, 15) is 4.79 Å². The molecule has 134 valence electrons. The summed E-state index contributed by atoms with van der Waals surface area (Å²) in [6, 6.07) is 11.0. The fourth-order valence-electron chi connectivity index (χ4n) is 2.66. The minimum Gasteiger partial charge on any atom is -0.495 e. The fraction of sp³-hybridized carbons (Fsp3) is 0.211. The summed E-state index contributed by atoms with van der Waals surface area (Å²) in [7, 11) is 5.21. The van der Waals surface area contributed by atoms with E-state index in [0.29, 0.717) is 23.7 Å². The molecule has 7 nitrogen and oxygen atoms in total. The van der Waals surface area contributed by atoms with Gasteiger partial charge in [0.2, 0.25) is 0 Å². The van der Waals surface area contributed by atoms with Gasteiger partial charge in [0.25, 0.3) is 5.91 Å². The van der Waals surface area contributed by atoms with Gasteiger partial charge in [-0.2, -0.15) is 5.10 Å². The molecule has 0 aliphatic heterocycles. The molecule has 0 aliphatic rings. The van der Waals surface area contributed by atoms with Crippen molar-refractivity contribution in [1.29, 1.82) is 0 Å². The molecule has 7 heteroatoms. The Morgan fingerprint density at radius 2 is 2.08 bits per heavy atom. The molecule has 0 spiro atoms. The van der Waals surface area contributed by atoms with Gasteiger partial charge < -0.3 is 15.0 Å². The Hall–Kier alpha value is -3.35. The molecule has 1 N–H and O–H groups in total. The number of amides is 1. The summed E-state index contributed by atoms with van der Waals surface area (Å²) in [6.45, 7) is 0.468. The number of methoxy groups -OCH3 is 1. The number of aryl methyl sites for hydroxylation is 1. The second-order valence-corrected chi connectivity index (χ2v) is 5.91. The van der Waals surface area contributed by atoms with Gasteiger partial charge in [0.15, 0.2) is 0 Å². The van der Waals surface area contributed by atoms with Crippen molar-refractivity contribution in [2.24, 2.45) is 7.05 Å². The first-order valence-corrected chi connectivity index (χ1v) is 8.16. The maximum absolute atomic E-state index is 12.9. The number of aromatic nitrogens is 3. The van der Waals surface area contributed by atoms with E-state index in [1.165, 1.54) is 0 Å². The van der Waals surface area contributed by atoms with Gasteiger partial charge in [0, 0.05) is 38.6 Å². The highest BCUT2D eigenvalue weighted by molar-refractivity contribution is 5.99. The highest BCUT2D eigenvalue weighted by Gasteiger charge is 2.18. The number of anilines is 2. The predicted octanol–water partition coefficient (Wildman–Crippen LogP) is 2.84. The van der Waals surface area contributed by atoms with Crippen LogP contribution in [0.5, 0.6) is 5.75 Å². The van der Waals surface area contributed by atoms with Gasteiger partial charge in [-0.3, -0.25) is 9.48 Å². The number of pyridine rings is 1. The summed E-state index contributed by atoms with van der Waals surface area (Å²) in [5.41, 5.74) is 2.20. The Labute approximate surface area is 152 Å². The minimum absolute atomic E-state index is 0.126. The van der Waals surface area contributed by atoms with Crippen molar-refractivity contribution in [2.75, 3.05) is 19.5 Å². The molecule has 3 aromatic rings. The number of carbonyl (C=O) groups is 1. The van der Waals surface area contributed by atoms with Crippen LogP contribution in [0.4, 0.5) is 11.5 Å². The summed E-state index contributed by atoms with van der Waals surface area (Å²) in [4.78, 5) is 18.9. The van der Waals surface area contributed by atoms with Crippen LogP contribution >= 0.6 is 0 Å². The van der Waals surface area contributed by atoms with Crippen LogP contribution in [-0.2, 0) is 13.6 Å². The molecule has 26 heavy (non-hydrogen) atoms. The molecule has 1 aromatic carbocycles. The molecule has 1 amide bonds. The van der Waals surface area contributed by atoms with E-state index >= 15 is 0 Å². The number of para-hydroxylation sites is 2. The van der Waals surface area contributed by atoms with Crippen molar-refractivity contribution in [1.82, 2.24) is 19.7 Å². The number of carbonyl (C=O) groups excluding carboxylic acids is 1. The van der Waals surface area contributed by atoms with Crippen molar-refractivity contribution in [3.8, 4) is 5.75 Å². The van der Waals surface area contributed by atoms with Gasteiger partial charge in [0.1, 0.15) is 11.6 Å². The monoisotopic (exact) mass is 351 g/mol. The van der Waals surface area contributed by atoms with Gasteiger partial charge >= 0.3 is 0 Å². The first-order valence-electron chi connectivity index (χ1n) is 8.16. The second-order valence-electron chi connectivity index (χ2n) is 5.91. The summed E-state index contributed by atoms with van der Waals surface area (Å²) < 4.78 is 7.07. The molecule has 0 bridgehead atoms. The zero-order valence-corrected chi connectivity index (χ0v) is 15.0. The van der Waals surface area contributed by atoms with E-state index in [0.717, 1.165) is 11.3 Å². The average Bonchev–Trinajstić information content (AvgIpc) is 3.06. The van der Waals surface area contributed by atoms with Gasteiger partial charge in [0.05, 0.1) is 24.6 Å². The van der Waals surface area contributed by atoms with Crippen LogP contribution in [0.2, 0.25) is 0 Å². The van der Waals surface area contributed by atoms with Crippen LogP contribution < -0.4 is 10.1 Å². The molecule has 0 unspecified atom stereocenters. The zero-order chi connectivity index (χ0) is 18.5. The number of hydrogen-bond acceptors (Lipinski definition) is 5. The summed E-state index contributed by atoms with van der Waals surface area (Å²) in [5.74, 6) is 1.04. The number of nitrogens with one attached hydrogen (secondary N) is 1. The molecule has 0 fully saturated rings. The second kappa shape index (κ2) is 7.69. The van der Waals surface area contributed by atoms with E-state index in [1.54, 1.807) is 48.3 Å². The van der Waals surface area contributed by atoms with Gasteiger partial charge in [-0.15, -0.1) is 0 Å². The molecule has 0 saturated heterocycles. The van der Waals surface area contributed by atoms with Crippen molar-refractivity contribution in [3.05, 3.63) is 66.1 Å². The van der Waals surface area contributed by atoms with Crippen LogP contribution in [0.3, 0.4) is 0 Å². The quantitative estimate of drug-likeness (QED) is 0.739. The number of hydrogen-bond donors (Lipinski definition) is 1. The summed E-state index contributed by atoms with van der Waals surface area (Å²) >= 11 is 0. The summed E-state index contributed by atoms with van der Waals surface area (Å²) in [6.07, 6.45) is 5.29. The largest absolute Gasteiger partial charge is 0.495 e. The van der Waals surface area contributed by atoms with Gasteiger partial charge in [-0.25, -0.2) is 4.98 Å². The first kappa shape index (κ1) is 17.5. The van der Waals surface area contributed by atoms with Crippen LogP contribution in [0.1, 0.15) is 15.9 Å². The average molecular weight is 351 g/mol. The Balaban J connectivity index is 1.83. The Kier molecular flexibility index (Phi) is 5.17. The first-order chi connectivity index (χ1) is 12.6. The fourth-order valence-corrected chi connectivity index (χ4v) is 2.66. The lowest BCUT2D eigenvalue weighted by molar-refractivity contribution is 0.0785. The van der Waals surface area contributed by atoms with E-state index in [2.05, 4.69) is 15.4 Å². The highest BCUT2D eigenvalue weighted by Crippen LogP contribution is 2.28. The smallest absolute Gasteiger partial charge is 0.257 e. The molecule has 2 aromatic heterocycles. The molecular weight excluding hydrogens is 330 g/mol. The third-order valence-corrected chi connectivity index (χ3v) is 3.92. The molecule has 3 rings (SSSR count). The van der Waals surface area contributed by atoms with Gasteiger partial charge in [-0.05, 0) is 24.3 Å². The molecule has 0 atom stereocenters. The van der Waals surface area contributed by atoms with E-state index in [1.807, 2.05) is 37.5 Å². The SMILES string of the molecule is COc1ccccc1Nc1ncccc1C(=O)N(C)Cc1cnn(C)c1. The van der Waals surface area contributed by atoms with Crippen LogP contribution in [0, 0.1) is 0 Å². The lowest BCUT2D eigenvalue weighted by Crippen LogP contribution is -2.27. The summed E-state index contributed by atoms with van der Waals surface area (Å²) in [5, 5.41) is 7.33. The molecule has 2 heterocycles. The lowest BCUT2D eigenvalue weighted by Gasteiger charge is -2.19. The normalized spacial score (nSPS) is 10.4. The molecule has 0 radical (unpaired) electrons. The molecule has 0 saturated carbocycles. The van der Waals surface area contributed by atoms with Gasteiger partial charge in [-0.1, -0.05) is 12.1 Å². The van der Waals surface area contributed by atoms with Crippen molar-refractivity contribution in [2.45, 2.75) is 6.54 Å². The molecular formula is C19H21N5O2. The van der Waals surface area contributed by atoms with Crippen molar-refractivity contribution < 1.29 is 9.53 Å². The van der Waals surface area contributed by atoms with Crippen molar-refractivity contribution in [3.63, 3.8) is 0 Å². The highest BCUT2D eigenvalue weighted by atomic mass is 16.5.